The first-order valence-electron chi connectivity index (χ1n) is 36.2. The molecular formula is C98H62BN7. The van der Waals surface area contributed by atoms with E-state index < -0.39 is 0 Å². The summed E-state index contributed by atoms with van der Waals surface area (Å²) in [5, 5.41) is 29.9. The molecule has 2 aliphatic heterocycles. The first-order chi connectivity index (χ1) is 52.4. The Morgan fingerprint density at radius 2 is 0.764 bits per heavy atom. The fraction of sp³-hybridized carbons (Fsp3) is 0.0204. The van der Waals surface area contributed by atoms with Crippen molar-refractivity contribution in [3.8, 4) is 68.0 Å². The van der Waals surface area contributed by atoms with E-state index in [0.717, 1.165) is 156 Å². The van der Waals surface area contributed by atoms with Crippen molar-refractivity contribution in [2.75, 3.05) is 9.80 Å². The first kappa shape index (κ1) is 60.6. The summed E-state index contributed by atoms with van der Waals surface area (Å²) < 4.78 is 7.27. The van der Waals surface area contributed by atoms with E-state index in [2.05, 4.69) is 365 Å². The SMILES string of the molecule is C/C=C\C=C(/C)c1cccc(-c2ccccc2)c1N1c2cc(-n3c4ccccc4c4cc(C#N)ccc43)ccc2B2c3ccc(-n4c5ccccc5c5cc(C#N)ccc54)cc3N(c3c(-c4ccccc4)cccc3-c3ccccc3)c3cc(-c4ccc5c(c4)c4cccc6c7ccccc7n5c64)cc1c32. The second-order valence-corrected chi connectivity index (χ2v) is 28.1. The molecule has 15 aromatic carbocycles. The van der Waals surface area contributed by atoms with Crippen molar-refractivity contribution in [2.45, 2.75) is 13.8 Å². The molecule has 2 aliphatic rings. The van der Waals surface area contributed by atoms with Crippen LogP contribution in [0, 0.1) is 22.7 Å². The number of hydrogen-bond donors (Lipinski definition) is 0. The zero-order valence-electron chi connectivity index (χ0n) is 58.0. The molecule has 0 N–H and O–H groups in total. The minimum Gasteiger partial charge on any atom is -0.310 e. The molecule has 0 saturated heterocycles. The first-order valence-corrected chi connectivity index (χ1v) is 36.2. The number of rotatable bonds is 10. The summed E-state index contributed by atoms with van der Waals surface area (Å²) >= 11 is 0. The molecule has 0 radical (unpaired) electrons. The van der Waals surface area contributed by atoms with Gasteiger partial charge >= 0.3 is 0 Å². The second-order valence-electron chi connectivity index (χ2n) is 28.1. The van der Waals surface area contributed by atoms with Crippen molar-refractivity contribution < 1.29 is 0 Å². The maximum Gasteiger partial charge on any atom is 0.252 e. The zero-order valence-corrected chi connectivity index (χ0v) is 58.0. The molecule has 0 spiro atoms. The Bertz CT molecular complexity index is 7020. The summed E-state index contributed by atoms with van der Waals surface area (Å²) in [5.74, 6) is 0. The predicted molar refractivity (Wildman–Crippen MR) is 443 cm³/mol. The molecule has 19 aromatic rings. The molecule has 106 heavy (non-hydrogen) atoms. The molecule has 7 nitrogen and oxygen atoms in total. The van der Waals surface area contributed by atoms with Gasteiger partial charge in [0.1, 0.15) is 0 Å². The molecule has 0 saturated carbocycles. The number of hydrogen-bond acceptors (Lipinski definition) is 4. The summed E-state index contributed by atoms with van der Waals surface area (Å²) in [4.78, 5) is 5.28. The third kappa shape index (κ3) is 8.92. The van der Waals surface area contributed by atoms with Crippen LogP contribution in [0.1, 0.15) is 30.5 Å². The molecule has 6 heterocycles. The minimum absolute atomic E-state index is 0.333. The molecular weight excluding hydrogens is 1290 g/mol. The summed E-state index contributed by atoms with van der Waals surface area (Å²) in [7, 11) is 0. The zero-order chi connectivity index (χ0) is 70.4. The van der Waals surface area contributed by atoms with Gasteiger partial charge in [-0.3, -0.25) is 0 Å². The van der Waals surface area contributed by atoms with Crippen molar-refractivity contribution in [3.05, 3.63) is 356 Å². The van der Waals surface area contributed by atoms with E-state index in [9.17, 15) is 10.5 Å². The molecule has 4 aromatic heterocycles. The van der Waals surface area contributed by atoms with Crippen LogP contribution in [0.25, 0.3) is 143 Å². The van der Waals surface area contributed by atoms with Gasteiger partial charge in [0.25, 0.3) is 6.71 Å². The van der Waals surface area contributed by atoms with Gasteiger partial charge in [0.2, 0.25) is 0 Å². The average Bonchev–Trinajstić information content (AvgIpc) is 0.889. The van der Waals surface area contributed by atoms with Crippen molar-refractivity contribution in [3.63, 3.8) is 0 Å². The van der Waals surface area contributed by atoms with Gasteiger partial charge < -0.3 is 23.3 Å². The quantitative estimate of drug-likeness (QED) is 0.101. The van der Waals surface area contributed by atoms with Gasteiger partial charge in [-0.05, 0) is 167 Å². The van der Waals surface area contributed by atoms with E-state index >= 15 is 0 Å². The standard InChI is InChI=1S/C98H62BN7/c1-3-4-23-61(2)71-33-20-34-72(64-24-8-5-9-25-64)96(71)105-91-57-69(102-85-39-17-15-31-76(85)80-52-62(59-100)42-49-88(80)102)45-47-83(91)99-84-48-46-70(103-86-40-18-16-32-77(86)81-53-63(60-101)43-50-89(81)103)58-92(84)106(97-73(65-26-10-6-11-27-65)35-21-36-74(97)66-28-12-7-13-29-66)94-56-68(55-93(105)95(94)99)67-44-51-90-82(54-67)79-38-22-37-78-75-30-14-19-41-87(75)104(90)98(78)79/h3-58H,1-2H3/b4-3-,61-23+. The lowest BCUT2D eigenvalue weighted by Crippen LogP contribution is -2.61. The molecule has 0 aliphatic carbocycles. The van der Waals surface area contributed by atoms with E-state index in [1.54, 1.807) is 0 Å². The van der Waals surface area contributed by atoms with Crippen LogP contribution in [-0.4, -0.2) is 20.2 Å². The highest BCUT2D eigenvalue weighted by atomic mass is 15.2. The predicted octanol–water partition coefficient (Wildman–Crippen LogP) is 23.5. The molecule has 492 valence electrons. The molecule has 0 amide bonds. The van der Waals surface area contributed by atoms with Crippen LogP contribution >= 0.6 is 0 Å². The minimum atomic E-state index is -0.333. The van der Waals surface area contributed by atoms with Crippen LogP contribution in [0.5, 0.6) is 0 Å². The van der Waals surface area contributed by atoms with Gasteiger partial charge in [0, 0.05) is 99.5 Å². The molecule has 21 rings (SSSR count). The summed E-state index contributed by atoms with van der Waals surface area (Å²) in [6.07, 6.45) is 6.52. The van der Waals surface area contributed by atoms with Gasteiger partial charge in [0.15, 0.2) is 0 Å². The Kier molecular flexibility index (Phi) is 13.5. The average molecular weight is 1350 g/mol. The van der Waals surface area contributed by atoms with Crippen LogP contribution in [0.2, 0.25) is 0 Å². The normalized spacial score (nSPS) is 12.8. The smallest absolute Gasteiger partial charge is 0.252 e. The van der Waals surface area contributed by atoms with Crippen LogP contribution in [0.3, 0.4) is 0 Å². The fourth-order valence-corrected chi connectivity index (χ4v) is 17.9. The van der Waals surface area contributed by atoms with Gasteiger partial charge in [0.05, 0.1) is 73.3 Å². The van der Waals surface area contributed by atoms with Crippen LogP contribution < -0.4 is 26.2 Å². The Balaban J connectivity index is 0.945. The summed E-state index contributed by atoms with van der Waals surface area (Å²) in [6.45, 7) is 4.00. The van der Waals surface area contributed by atoms with Crippen LogP contribution in [0.15, 0.2) is 340 Å². The van der Waals surface area contributed by atoms with E-state index in [-0.39, 0.29) is 6.71 Å². The third-order valence-electron chi connectivity index (χ3n) is 22.5. The van der Waals surface area contributed by atoms with Gasteiger partial charge in [-0.15, -0.1) is 0 Å². The number of anilines is 6. The van der Waals surface area contributed by atoms with Crippen molar-refractivity contribution >= 4 is 145 Å². The van der Waals surface area contributed by atoms with Crippen molar-refractivity contribution in [1.82, 2.24) is 13.5 Å². The number of nitriles is 2. The van der Waals surface area contributed by atoms with E-state index in [4.69, 9.17) is 0 Å². The fourth-order valence-electron chi connectivity index (χ4n) is 17.9. The lowest BCUT2D eigenvalue weighted by molar-refractivity contribution is 1.16. The van der Waals surface area contributed by atoms with Gasteiger partial charge in [-0.25, -0.2) is 0 Å². The third-order valence-corrected chi connectivity index (χ3v) is 22.5. The largest absolute Gasteiger partial charge is 0.310 e. The molecule has 8 heteroatoms. The van der Waals surface area contributed by atoms with E-state index in [1.807, 2.05) is 24.3 Å². The molecule has 0 fully saturated rings. The number of fused-ring (bicyclic) bond motifs is 16. The van der Waals surface area contributed by atoms with Gasteiger partial charge in [-0.2, -0.15) is 10.5 Å². The number of allylic oxidation sites excluding steroid dienone is 4. The highest BCUT2D eigenvalue weighted by Crippen LogP contribution is 2.55. The Labute approximate surface area is 612 Å². The highest BCUT2D eigenvalue weighted by Gasteiger charge is 2.46. The van der Waals surface area contributed by atoms with Crippen LogP contribution in [-0.2, 0) is 0 Å². The van der Waals surface area contributed by atoms with Gasteiger partial charge in [-0.1, -0.05) is 237 Å². The lowest BCUT2D eigenvalue weighted by Gasteiger charge is -2.46. The maximum atomic E-state index is 10.4. The Hall–Kier alpha value is -14.2. The number of benzene rings is 15. The Morgan fingerprint density at radius 3 is 1.30 bits per heavy atom. The van der Waals surface area contributed by atoms with Crippen molar-refractivity contribution in [2.24, 2.45) is 0 Å². The molecule has 0 unspecified atom stereocenters. The number of para-hydroxylation sites is 6. The van der Waals surface area contributed by atoms with E-state index in [0.29, 0.717) is 11.1 Å². The Morgan fingerprint density at radius 1 is 0.340 bits per heavy atom. The summed E-state index contributed by atoms with van der Waals surface area (Å²) in [6, 6.07) is 123. The molecule has 0 atom stereocenters. The van der Waals surface area contributed by atoms with E-state index in [1.165, 1.54) is 43.6 Å². The topological polar surface area (TPSA) is 68.3 Å². The lowest BCUT2D eigenvalue weighted by atomic mass is 9.33. The molecule has 0 bridgehead atoms. The monoisotopic (exact) mass is 1350 g/mol. The number of nitrogens with zero attached hydrogens (tertiary/aromatic N) is 7. The van der Waals surface area contributed by atoms with Crippen LogP contribution in [0.4, 0.5) is 34.1 Å². The second kappa shape index (κ2) is 23.7. The number of aromatic nitrogens is 3. The van der Waals surface area contributed by atoms with Crippen molar-refractivity contribution in [1.29, 1.82) is 10.5 Å². The summed E-state index contributed by atoms with van der Waals surface area (Å²) in [5.41, 5.74) is 31.6. The maximum absolute atomic E-state index is 10.4. The highest BCUT2D eigenvalue weighted by molar-refractivity contribution is 7.00.